The first-order valence-electron chi connectivity index (χ1n) is 10.4. The molecule has 1 aliphatic rings. The van der Waals surface area contributed by atoms with E-state index in [9.17, 15) is 0 Å². The van der Waals surface area contributed by atoms with E-state index < -0.39 is 0 Å². The summed E-state index contributed by atoms with van der Waals surface area (Å²) in [5, 5.41) is 11.0. The van der Waals surface area contributed by atoms with Crippen LogP contribution in [0, 0.1) is 5.92 Å². The van der Waals surface area contributed by atoms with Gasteiger partial charge < -0.3 is 15.4 Å². The summed E-state index contributed by atoms with van der Waals surface area (Å²) in [5.41, 5.74) is 1.08. The molecule has 2 aromatic heterocycles. The van der Waals surface area contributed by atoms with Gasteiger partial charge in [0, 0.05) is 51.3 Å². The second-order valence-corrected chi connectivity index (χ2v) is 7.70. The average Bonchev–Trinajstić information content (AvgIpc) is 3.25. The van der Waals surface area contributed by atoms with Crippen molar-refractivity contribution < 1.29 is 4.74 Å². The summed E-state index contributed by atoms with van der Waals surface area (Å²) in [6, 6.07) is 5.87. The molecule has 3 heterocycles. The summed E-state index contributed by atoms with van der Waals surface area (Å²) in [6.45, 7) is 12.6. The molecule has 30 heavy (non-hydrogen) atoms. The Hall–Kier alpha value is -1.72. The summed E-state index contributed by atoms with van der Waals surface area (Å²) in [4.78, 5) is 11.6. The van der Waals surface area contributed by atoms with Gasteiger partial charge in [-0.1, -0.05) is 13.8 Å². The first kappa shape index (κ1) is 24.5. The summed E-state index contributed by atoms with van der Waals surface area (Å²) >= 11 is 0. The summed E-state index contributed by atoms with van der Waals surface area (Å²) in [6.07, 6.45) is 5.60. The average molecular weight is 527 g/mol. The van der Waals surface area contributed by atoms with Crippen molar-refractivity contribution in [2.45, 2.75) is 33.4 Å². The maximum absolute atomic E-state index is 5.93. The molecular weight excluding hydrogens is 493 g/mol. The standard InChI is InChI=1S/C21H33N7O.HI/c1-4-22-21(25-14-19-16-27(10-11-29-19)15-17(2)3)24-13-18-6-8-23-20(12-18)28-9-5-7-26-28;/h5-9,12,17,19H,4,10-11,13-16H2,1-3H3,(H2,22,24,25);1H. The van der Waals surface area contributed by atoms with Crippen LogP contribution >= 0.6 is 24.0 Å². The van der Waals surface area contributed by atoms with Gasteiger partial charge in [0.1, 0.15) is 0 Å². The molecule has 8 nitrogen and oxygen atoms in total. The third kappa shape index (κ3) is 7.84. The third-order valence-corrected chi connectivity index (χ3v) is 4.66. The largest absolute Gasteiger partial charge is 0.374 e. The number of halogens is 1. The zero-order valence-electron chi connectivity index (χ0n) is 18.1. The van der Waals surface area contributed by atoms with E-state index in [2.05, 4.69) is 46.4 Å². The van der Waals surface area contributed by atoms with E-state index in [-0.39, 0.29) is 30.1 Å². The van der Waals surface area contributed by atoms with E-state index in [1.54, 1.807) is 17.1 Å². The summed E-state index contributed by atoms with van der Waals surface area (Å²) in [5.74, 6) is 2.27. The Morgan fingerprint density at radius 3 is 2.93 bits per heavy atom. The Morgan fingerprint density at radius 2 is 2.20 bits per heavy atom. The molecule has 1 aliphatic heterocycles. The van der Waals surface area contributed by atoms with Crippen LogP contribution in [0.5, 0.6) is 0 Å². The van der Waals surface area contributed by atoms with Gasteiger partial charge in [-0.05, 0) is 36.6 Å². The van der Waals surface area contributed by atoms with E-state index in [0.717, 1.165) is 56.7 Å². The number of nitrogens with zero attached hydrogens (tertiary/aromatic N) is 5. The number of nitrogens with one attached hydrogen (secondary N) is 2. The minimum absolute atomic E-state index is 0. The number of hydrogen-bond acceptors (Lipinski definition) is 5. The number of rotatable bonds is 8. The number of ether oxygens (including phenoxy) is 1. The molecule has 0 aromatic carbocycles. The van der Waals surface area contributed by atoms with Gasteiger partial charge in [0.15, 0.2) is 11.8 Å². The van der Waals surface area contributed by atoms with Gasteiger partial charge in [0.25, 0.3) is 0 Å². The normalized spacial score (nSPS) is 17.6. The summed E-state index contributed by atoms with van der Waals surface area (Å²) in [7, 11) is 0. The molecule has 1 unspecified atom stereocenters. The number of aromatic nitrogens is 3. The van der Waals surface area contributed by atoms with Crippen LogP contribution in [0.3, 0.4) is 0 Å². The van der Waals surface area contributed by atoms with Crippen molar-refractivity contribution in [3.05, 3.63) is 42.4 Å². The Balaban J connectivity index is 0.00000320. The zero-order chi connectivity index (χ0) is 20.5. The predicted molar refractivity (Wildman–Crippen MR) is 131 cm³/mol. The molecule has 2 N–H and O–H groups in total. The van der Waals surface area contributed by atoms with Crippen LogP contribution in [0.4, 0.5) is 0 Å². The monoisotopic (exact) mass is 527 g/mol. The Bertz CT molecular complexity index is 766. The van der Waals surface area contributed by atoms with Gasteiger partial charge in [-0.3, -0.25) is 4.90 Å². The van der Waals surface area contributed by atoms with Gasteiger partial charge in [0.2, 0.25) is 0 Å². The van der Waals surface area contributed by atoms with Crippen LogP contribution in [0.25, 0.3) is 5.82 Å². The van der Waals surface area contributed by atoms with Crippen LogP contribution in [0.1, 0.15) is 26.3 Å². The molecule has 1 fully saturated rings. The zero-order valence-corrected chi connectivity index (χ0v) is 20.5. The first-order chi connectivity index (χ1) is 14.1. The van der Waals surface area contributed by atoms with Crippen LogP contribution in [0.2, 0.25) is 0 Å². The van der Waals surface area contributed by atoms with E-state index >= 15 is 0 Å². The highest BCUT2D eigenvalue weighted by molar-refractivity contribution is 14.0. The topological polar surface area (TPSA) is 79.6 Å². The number of pyridine rings is 1. The number of morpholine rings is 1. The second kappa shape index (κ2) is 12.9. The molecule has 3 rings (SSSR count). The second-order valence-electron chi connectivity index (χ2n) is 7.70. The van der Waals surface area contributed by atoms with Crippen LogP contribution in [-0.4, -0.2) is 71.1 Å². The fraction of sp³-hybridized carbons (Fsp3) is 0.571. The molecule has 0 spiro atoms. The van der Waals surface area contributed by atoms with Gasteiger partial charge in [-0.2, -0.15) is 5.10 Å². The Kier molecular flexibility index (Phi) is 10.5. The fourth-order valence-corrected chi connectivity index (χ4v) is 3.40. The molecule has 0 aliphatic carbocycles. The molecule has 0 bridgehead atoms. The number of hydrogen-bond donors (Lipinski definition) is 2. The molecule has 0 radical (unpaired) electrons. The molecule has 1 atom stereocenters. The third-order valence-electron chi connectivity index (χ3n) is 4.66. The maximum atomic E-state index is 5.93. The lowest BCUT2D eigenvalue weighted by Crippen LogP contribution is -2.50. The molecule has 0 amide bonds. The van der Waals surface area contributed by atoms with E-state index in [0.29, 0.717) is 12.5 Å². The predicted octanol–water partition coefficient (Wildman–Crippen LogP) is 2.30. The van der Waals surface area contributed by atoms with Crippen molar-refractivity contribution in [3.63, 3.8) is 0 Å². The SMILES string of the molecule is CCNC(=NCc1ccnc(-n2cccn2)c1)NCC1CN(CC(C)C)CCO1.I. The van der Waals surface area contributed by atoms with Crippen molar-refractivity contribution in [2.24, 2.45) is 10.9 Å². The summed E-state index contributed by atoms with van der Waals surface area (Å²) < 4.78 is 7.68. The lowest BCUT2D eigenvalue weighted by Gasteiger charge is -2.34. The molecule has 9 heteroatoms. The lowest BCUT2D eigenvalue weighted by molar-refractivity contribution is -0.0284. The molecule has 0 saturated carbocycles. The number of guanidine groups is 1. The van der Waals surface area contributed by atoms with E-state index in [1.165, 1.54) is 0 Å². The first-order valence-corrected chi connectivity index (χ1v) is 10.4. The highest BCUT2D eigenvalue weighted by Gasteiger charge is 2.21. The highest BCUT2D eigenvalue weighted by Crippen LogP contribution is 2.09. The van der Waals surface area contributed by atoms with Crippen LogP contribution in [-0.2, 0) is 11.3 Å². The van der Waals surface area contributed by atoms with Crippen molar-refractivity contribution in [1.82, 2.24) is 30.3 Å². The molecular formula is C21H34IN7O. The lowest BCUT2D eigenvalue weighted by atomic mass is 10.2. The highest BCUT2D eigenvalue weighted by atomic mass is 127. The molecule has 166 valence electrons. The molecule has 1 saturated heterocycles. The maximum Gasteiger partial charge on any atom is 0.191 e. The van der Waals surface area contributed by atoms with Crippen molar-refractivity contribution in [3.8, 4) is 5.82 Å². The Labute approximate surface area is 196 Å². The van der Waals surface area contributed by atoms with Gasteiger partial charge in [0.05, 0.1) is 19.3 Å². The van der Waals surface area contributed by atoms with Gasteiger partial charge in [-0.15, -0.1) is 24.0 Å². The van der Waals surface area contributed by atoms with E-state index in [1.807, 2.05) is 24.4 Å². The minimum Gasteiger partial charge on any atom is -0.374 e. The van der Waals surface area contributed by atoms with Crippen LogP contribution in [0.15, 0.2) is 41.8 Å². The van der Waals surface area contributed by atoms with Crippen LogP contribution < -0.4 is 10.6 Å². The minimum atomic E-state index is 0. The van der Waals surface area contributed by atoms with Crippen molar-refractivity contribution in [2.75, 3.05) is 39.3 Å². The Morgan fingerprint density at radius 1 is 1.33 bits per heavy atom. The van der Waals surface area contributed by atoms with E-state index in [4.69, 9.17) is 9.73 Å². The van der Waals surface area contributed by atoms with Gasteiger partial charge in [-0.25, -0.2) is 14.7 Å². The number of aliphatic imine (C=N–C) groups is 1. The van der Waals surface area contributed by atoms with Gasteiger partial charge >= 0.3 is 0 Å². The fourth-order valence-electron chi connectivity index (χ4n) is 3.40. The van der Waals surface area contributed by atoms with Crippen molar-refractivity contribution in [1.29, 1.82) is 0 Å². The smallest absolute Gasteiger partial charge is 0.191 e. The molecule has 2 aromatic rings. The van der Waals surface area contributed by atoms with Crippen molar-refractivity contribution >= 4 is 29.9 Å². The quantitative estimate of drug-likeness (QED) is 0.312.